The van der Waals surface area contributed by atoms with E-state index in [1.807, 2.05) is 19.9 Å². The Morgan fingerprint density at radius 3 is 2.03 bits per heavy atom. The van der Waals surface area contributed by atoms with Gasteiger partial charge in [0, 0.05) is 18.7 Å². The minimum Gasteiger partial charge on any atom is -0.354 e. The normalized spacial score (nSPS) is 10.9. The SMILES string of the molecule is Cc1cc(C(C)(C)C)cc(C)c1CC(=O)NCCNC(=O)c1ccc(C#N)cc1. The quantitative estimate of drug-likeness (QED) is 0.739. The molecular weight excluding hydrogens is 362 g/mol. The second-order valence-corrected chi connectivity index (χ2v) is 8.31. The minimum atomic E-state index is -0.229. The molecule has 0 aliphatic rings. The van der Waals surface area contributed by atoms with Crippen LogP contribution in [0.1, 0.15) is 58.9 Å². The zero-order chi connectivity index (χ0) is 21.6. The summed E-state index contributed by atoms with van der Waals surface area (Å²) in [4.78, 5) is 24.4. The van der Waals surface area contributed by atoms with Crippen LogP contribution in [0.5, 0.6) is 0 Å². The molecule has 2 amide bonds. The third-order valence-electron chi connectivity index (χ3n) is 4.91. The second kappa shape index (κ2) is 9.38. The first-order chi connectivity index (χ1) is 13.6. The fourth-order valence-electron chi connectivity index (χ4n) is 3.10. The van der Waals surface area contributed by atoms with Gasteiger partial charge in [-0.3, -0.25) is 9.59 Å². The van der Waals surface area contributed by atoms with Crippen LogP contribution in [-0.2, 0) is 16.6 Å². The molecule has 0 radical (unpaired) electrons. The van der Waals surface area contributed by atoms with E-state index in [9.17, 15) is 9.59 Å². The lowest BCUT2D eigenvalue weighted by Gasteiger charge is -2.22. The molecule has 2 aromatic carbocycles. The Bertz CT molecular complexity index is 909. The fourth-order valence-corrected chi connectivity index (χ4v) is 3.10. The van der Waals surface area contributed by atoms with Crippen molar-refractivity contribution < 1.29 is 9.59 Å². The highest BCUT2D eigenvalue weighted by Crippen LogP contribution is 2.27. The molecule has 29 heavy (non-hydrogen) atoms. The maximum atomic E-state index is 12.3. The first-order valence-corrected chi connectivity index (χ1v) is 9.77. The van der Waals surface area contributed by atoms with Gasteiger partial charge in [-0.15, -0.1) is 0 Å². The van der Waals surface area contributed by atoms with Crippen molar-refractivity contribution in [2.45, 2.75) is 46.5 Å². The van der Waals surface area contributed by atoms with Crippen molar-refractivity contribution in [1.29, 1.82) is 5.26 Å². The number of amides is 2. The standard InChI is InChI=1S/C24H29N3O2/c1-16-12-20(24(3,4)5)13-17(2)21(16)14-22(28)26-10-11-27-23(29)19-8-6-18(15-25)7-9-19/h6-9,12-13H,10-11,14H2,1-5H3,(H,26,28)(H,27,29). The van der Waals surface area contributed by atoms with E-state index in [2.05, 4.69) is 43.5 Å². The number of rotatable bonds is 6. The molecule has 0 saturated heterocycles. The molecule has 0 bridgehead atoms. The van der Waals surface area contributed by atoms with Gasteiger partial charge in [0.05, 0.1) is 18.1 Å². The summed E-state index contributed by atoms with van der Waals surface area (Å²) in [6.07, 6.45) is 0.325. The summed E-state index contributed by atoms with van der Waals surface area (Å²) in [6, 6.07) is 12.8. The molecule has 0 aliphatic heterocycles. The van der Waals surface area contributed by atoms with E-state index >= 15 is 0 Å². The van der Waals surface area contributed by atoms with Gasteiger partial charge in [0.15, 0.2) is 0 Å². The topological polar surface area (TPSA) is 82.0 Å². The Labute approximate surface area is 173 Å². The Morgan fingerprint density at radius 1 is 0.966 bits per heavy atom. The van der Waals surface area contributed by atoms with E-state index < -0.39 is 0 Å². The Balaban J connectivity index is 1.84. The number of hydrogen-bond acceptors (Lipinski definition) is 3. The first-order valence-electron chi connectivity index (χ1n) is 9.77. The van der Waals surface area contributed by atoms with Crippen molar-refractivity contribution in [3.8, 4) is 6.07 Å². The van der Waals surface area contributed by atoms with E-state index in [1.54, 1.807) is 24.3 Å². The molecule has 0 atom stereocenters. The van der Waals surface area contributed by atoms with Crippen LogP contribution in [0.15, 0.2) is 36.4 Å². The molecule has 5 nitrogen and oxygen atoms in total. The van der Waals surface area contributed by atoms with Crippen LogP contribution < -0.4 is 10.6 Å². The summed E-state index contributed by atoms with van der Waals surface area (Å²) in [5, 5.41) is 14.4. The van der Waals surface area contributed by atoms with Crippen LogP contribution in [0, 0.1) is 25.2 Å². The van der Waals surface area contributed by atoms with Gasteiger partial charge in [0.1, 0.15) is 0 Å². The molecular formula is C24H29N3O2. The van der Waals surface area contributed by atoms with Crippen molar-refractivity contribution >= 4 is 11.8 Å². The van der Waals surface area contributed by atoms with E-state index in [0.717, 1.165) is 16.7 Å². The highest BCUT2D eigenvalue weighted by molar-refractivity contribution is 5.94. The third kappa shape index (κ3) is 6.18. The number of aryl methyl sites for hydroxylation is 2. The molecule has 5 heteroatoms. The number of carbonyl (C=O) groups is 2. The van der Waals surface area contributed by atoms with Gasteiger partial charge in [-0.05, 0) is 65.8 Å². The molecule has 0 spiro atoms. The largest absolute Gasteiger partial charge is 0.354 e. The van der Waals surface area contributed by atoms with E-state index in [0.29, 0.717) is 30.6 Å². The van der Waals surface area contributed by atoms with Crippen LogP contribution in [0.3, 0.4) is 0 Å². The summed E-state index contributed by atoms with van der Waals surface area (Å²) in [6.45, 7) is 11.3. The highest BCUT2D eigenvalue weighted by Gasteiger charge is 2.17. The third-order valence-corrected chi connectivity index (χ3v) is 4.91. The number of carbonyl (C=O) groups excluding carboxylic acids is 2. The molecule has 0 aromatic heterocycles. The van der Waals surface area contributed by atoms with Crippen molar-refractivity contribution in [2.24, 2.45) is 0 Å². The Hall–Kier alpha value is -3.13. The van der Waals surface area contributed by atoms with Crippen molar-refractivity contribution in [1.82, 2.24) is 10.6 Å². The lowest BCUT2D eigenvalue weighted by molar-refractivity contribution is -0.120. The lowest BCUT2D eigenvalue weighted by Crippen LogP contribution is -2.35. The number of nitriles is 1. The number of benzene rings is 2. The minimum absolute atomic E-state index is 0.0627. The van der Waals surface area contributed by atoms with Gasteiger partial charge in [-0.1, -0.05) is 32.9 Å². The highest BCUT2D eigenvalue weighted by atomic mass is 16.2. The van der Waals surface area contributed by atoms with E-state index in [1.165, 1.54) is 5.56 Å². The molecule has 0 heterocycles. The number of hydrogen-bond donors (Lipinski definition) is 2. The fraction of sp³-hybridized carbons (Fsp3) is 0.375. The average molecular weight is 392 g/mol. The van der Waals surface area contributed by atoms with Crippen LogP contribution in [-0.4, -0.2) is 24.9 Å². The summed E-state index contributed by atoms with van der Waals surface area (Å²) < 4.78 is 0. The summed E-state index contributed by atoms with van der Waals surface area (Å²) in [7, 11) is 0. The van der Waals surface area contributed by atoms with Crippen molar-refractivity contribution in [3.05, 3.63) is 69.8 Å². The Morgan fingerprint density at radius 2 is 1.52 bits per heavy atom. The van der Waals surface area contributed by atoms with Crippen LogP contribution in [0.2, 0.25) is 0 Å². The molecule has 0 aliphatic carbocycles. The van der Waals surface area contributed by atoms with Crippen molar-refractivity contribution in [2.75, 3.05) is 13.1 Å². The molecule has 0 saturated carbocycles. The van der Waals surface area contributed by atoms with Crippen LogP contribution in [0.4, 0.5) is 0 Å². The average Bonchev–Trinajstić information content (AvgIpc) is 2.67. The Kier molecular flexibility index (Phi) is 7.17. The van der Waals surface area contributed by atoms with Gasteiger partial charge in [0.25, 0.3) is 5.91 Å². The van der Waals surface area contributed by atoms with Gasteiger partial charge in [0.2, 0.25) is 5.91 Å². The first kappa shape index (κ1) is 22.2. The van der Waals surface area contributed by atoms with Gasteiger partial charge in [-0.2, -0.15) is 5.26 Å². The summed E-state index contributed by atoms with van der Waals surface area (Å²) >= 11 is 0. The molecule has 2 aromatic rings. The molecule has 0 fully saturated rings. The van der Waals surface area contributed by atoms with Crippen LogP contribution in [0.25, 0.3) is 0 Å². The molecule has 0 unspecified atom stereocenters. The number of nitrogens with zero attached hydrogens (tertiary/aromatic N) is 1. The zero-order valence-corrected chi connectivity index (χ0v) is 17.8. The number of nitrogens with one attached hydrogen (secondary N) is 2. The maximum absolute atomic E-state index is 12.3. The molecule has 152 valence electrons. The molecule has 2 N–H and O–H groups in total. The summed E-state index contributed by atoms with van der Waals surface area (Å²) in [5.74, 6) is -0.291. The van der Waals surface area contributed by atoms with Gasteiger partial charge >= 0.3 is 0 Å². The predicted octanol–water partition coefficient (Wildman–Crippen LogP) is 3.56. The lowest BCUT2D eigenvalue weighted by atomic mass is 9.83. The van der Waals surface area contributed by atoms with E-state index in [4.69, 9.17) is 5.26 Å². The van der Waals surface area contributed by atoms with Gasteiger partial charge in [-0.25, -0.2) is 0 Å². The van der Waals surface area contributed by atoms with Crippen LogP contribution >= 0.6 is 0 Å². The monoisotopic (exact) mass is 391 g/mol. The van der Waals surface area contributed by atoms with E-state index in [-0.39, 0.29) is 17.2 Å². The second-order valence-electron chi connectivity index (χ2n) is 8.31. The smallest absolute Gasteiger partial charge is 0.251 e. The summed E-state index contributed by atoms with van der Waals surface area (Å²) in [5.41, 5.74) is 5.64. The van der Waals surface area contributed by atoms with Gasteiger partial charge < -0.3 is 10.6 Å². The van der Waals surface area contributed by atoms with Crippen molar-refractivity contribution in [3.63, 3.8) is 0 Å². The molecule has 2 rings (SSSR count). The zero-order valence-electron chi connectivity index (χ0n) is 17.8. The maximum Gasteiger partial charge on any atom is 0.251 e. The predicted molar refractivity (Wildman–Crippen MR) is 115 cm³/mol.